The summed E-state index contributed by atoms with van der Waals surface area (Å²) in [5.74, 6) is 0. The van der Waals surface area contributed by atoms with E-state index in [2.05, 4.69) is 43.3 Å². The van der Waals surface area contributed by atoms with E-state index in [-0.39, 0.29) is 11.6 Å². The minimum atomic E-state index is -0.238. The normalized spacial score (nSPS) is 16.3. The lowest BCUT2D eigenvalue weighted by molar-refractivity contribution is -0.0579. The van der Waals surface area contributed by atoms with Gasteiger partial charge in [-0.2, -0.15) is 0 Å². The summed E-state index contributed by atoms with van der Waals surface area (Å²) in [5.41, 5.74) is 0.874. The van der Waals surface area contributed by atoms with Crippen LogP contribution in [0.25, 0.3) is 0 Å². The van der Waals surface area contributed by atoms with Crippen molar-refractivity contribution in [1.82, 2.24) is 20.3 Å². The zero-order chi connectivity index (χ0) is 14.3. The van der Waals surface area contributed by atoms with E-state index in [0.717, 1.165) is 31.6 Å². The quantitative estimate of drug-likeness (QED) is 0.748. The van der Waals surface area contributed by atoms with Gasteiger partial charge in [-0.25, -0.2) is 4.68 Å². The van der Waals surface area contributed by atoms with Gasteiger partial charge >= 0.3 is 0 Å². The number of nitrogens with zero attached hydrogens (tertiary/aromatic N) is 3. The molecule has 0 saturated carbocycles. The van der Waals surface area contributed by atoms with Gasteiger partial charge in [-0.05, 0) is 33.2 Å². The smallest absolute Gasteiger partial charge is 0.0861 e. The Morgan fingerprint density at radius 2 is 2.11 bits per heavy atom. The third kappa shape index (κ3) is 3.76. The van der Waals surface area contributed by atoms with Gasteiger partial charge in [0, 0.05) is 13.2 Å². The third-order valence-corrected chi connectivity index (χ3v) is 3.57. The van der Waals surface area contributed by atoms with Crippen LogP contribution in [-0.4, -0.2) is 33.7 Å². The van der Waals surface area contributed by atoms with Crippen LogP contribution in [0.15, 0.2) is 6.20 Å². The minimum absolute atomic E-state index is 0.115. The van der Waals surface area contributed by atoms with E-state index in [0.29, 0.717) is 6.61 Å². The van der Waals surface area contributed by atoms with Crippen LogP contribution in [0.4, 0.5) is 0 Å². The number of aromatic nitrogens is 3. The maximum Gasteiger partial charge on any atom is 0.0861 e. The van der Waals surface area contributed by atoms with Crippen molar-refractivity contribution in [2.45, 2.75) is 65.6 Å². The molecule has 1 rings (SSSR count). The molecule has 0 bridgehead atoms. The molecule has 0 saturated heterocycles. The van der Waals surface area contributed by atoms with Crippen LogP contribution >= 0.6 is 0 Å². The van der Waals surface area contributed by atoms with Crippen LogP contribution in [0.2, 0.25) is 0 Å². The van der Waals surface area contributed by atoms with Gasteiger partial charge in [0.25, 0.3) is 0 Å². The molecule has 0 amide bonds. The van der Waals surface area contributed by atoms with Crippen LogP contribution in [0, 0.1) is 0 Å². The molecule has 0 aliphatic carbocycles. The number of ether oxygens (including phenoxy) is 1. The molecule has 0 aromatic carbocycles. The van der Waals surface area contributed by atoms with Gasteiger partial charge in [-0.1, -0.05) is 26.0 Å². The first-order valence-corrected chi connectivity index (χ1v) is 7.38. The van der Waals surface area contributed by atoms with E-state index in [1.807, 2.05) is 17.8 Å². The van der Waals surface area contributed by atoms with E-state index in [1.54, 1.807) is 0 Å². The van der Waals surface area contributed by atoms with Crippen LogP contribution in [0.5, 0.6) is 0 Å². The first-order chi connectivity index (χ1) is 9.12. The highest BCUT2D eigenvalue weighted by atomic mass is 16.5. The summed E-state index contributed by atoms with van der Waals surface area (Å²) in [5, 5.41) is 11.8. The van der Waals surface area contributed by atoms with Gasteiger partial charge in [-0.15, -0.1) is 5.10 Å². The molecule has 110 valence electrons. The Morgan fingerprint density at radius 3 is 2.63 bits per heavy atom. The lowest BCUT2D eigenvalue weighted by atomic mass is 9.90. The fourth-order valence-corrected chi connectivity index (χ4v) is 2.43. The summed E-state index contributed by atoms with van der Waals surface area (Å²) in [4.78, 5) is 0. The molecule has 0 aliphatic heterocycles. The fraction of sp³-hybridized carbons (Fsp3) is 0.857. The second kappa shape index (κ2) is 7.60. The summed E-state index contributed by atoms with van der Waals surface area (Å²) >= 11 is 0. The Balaban J connectivity index is 3.07. The van der Waals surface area contributed by atoms with Crippen molar-refractivity contribution in [2.75, 3.05) is 13.2 Å². The maximum atomic E-state index is 6.02. The molecule has 2 unspecified atom stereocenters. The molecule has 0 spiro atoms. The van der Waals surface area contributed by atoms with Crippen molar-refractivity contribution in [2.24, 2.45) is 0 Å². The second-order valence-corrected chi connectivity index (χ2v) is 4.97. The average Bonchev–Trinajstić information content (AvgIpc) is 2.84. The Morgan fingerprint density at radius 1 is 1.37 bits per heavy atom. The Labute approximate surface area is 116 Å². The summed E-state index contributed by atoms with van der Waals surface area (Å²) in [7, 11) is 0. The van der Waals surface area contributed by atoms with E-state index in [9.17, 15) is 0 Å². The molecule has 0 radical (unpaired) electrons. The van der Waals surface area contributed by atoms with Crippen molar-refractivity contribution < 1.29 is 4.74 Å². The van der Waals surface area contributed by atoms with Gasteiger partial charge < -0.3 is 10.1 Å². The zero-order valence-electron chi connectivity index (χ0n) is 12.9. The molecule has 19 heavy (non-hydrogen) atoms. The molecule has 5 nitrogen and oxygen atoms in total. The lowest BCUT2D eigenvalue weighted by Gasteiger charge is -2.37. The number of nitrogens with one attached hydrogen (secondary N) is 1. The Kier molecular flexibility index (Phi) is 6.45. The first kappa shape index (κ1) is 16.1. The van der Waals surface area contributed by atoms with Crippen molar-refractivity contribution in [3.8, 4) is 0 Å². The molecule has 5 heteroatoms. The molecule has 1 heterocycles. The van der Waals surface area contributed by atoms with Crippen LogP contribution in [0.3, 0.4) is 0 Å². The average molecular weight is 268 g/mol. The summed E-state index contributed by atoms with van der Waals surface area (Å²) < 4.78 is 8.01. The summed E-state index contributed by atoms with van der Waals surface area (Å²) in [6.45, 7) is 13.1. The highest BCUT2D eigenvalue weighted by Gasteiger charge is 2.36. The van der Waals surface area contributed by atoms with Crippen LogP contribution < -0.4 is 5.32 Å². The van der Waals surface area contributed by atoms with Gasteiger partial charge in [0.2, 0.25) is 0 Å². The van der Waals surface area contributed by atoms with Crippen LogP contribution in [-0.2, 0) is 11.3 Å². The van der Waals surface area contributed by atoms with Crippen molar-refractivity contribution in [3.63, 3.8) is 0 Å². The molecule has 0 aliphatic rings. The van der Waals surface area contributed by atoms with Crippen molar-refractivity contribution >= 4 is 0 Å². The predicted octanol–water partition coefficient (Wildman–Crippen LogP) is 2.54. The minimum Gasteiger partial charge on any atom is -0.374 e. The Hall–Kier alpha value is -0.940. The van der Waals surface area contributed by atoms with E-state index in [1.165, 1.54) is 0 Å². The van der Waals surface area contributed by atoms with E-state index < -0.39 is 0 Å². The molecular formula is C14H28N4O. The second-order valence-electron chi connectivity index (χ2n) is 4.97. The van der Waals surface area contributed by atoms with Crippen LogP contribution in [0.1, 0.15) is 59.2 Å². The van der Waals surface area contributed by atoms with Crippen molar-refractivity contribution in [1.29, 1.82) is 0 Å². The lowest BCUT2D eigenvalue weighted by Crippen LogP contribution is -2.44. The van der Waals surface area contributed by atoms with E-state index >= 15 is 0 Å². The zero-order valence-corrected chi connectivity index (χ0v) is 12.9. The molecule has 2 atom stereocenters. The van der Waals surface area contributed by atoms with Crippen molar-refractivity contribution in [3.05, 3.63) is 11.9 Å². The van der Waals surface area contributed by atoms with Gasteiger partial charge in [0.1, 0.15) is 0 Å². The molecular weight excluding hydrogens is 240 g/mol. The SMILES string of the molecule is CCCn1nncc1C(NCC)C(C)(CC)OCC. The third-order valence-electron chi connectivity index (χ3n) is 3.57. The topological polar surface area (TPSA) is 52.0 Å². The molecule has 1 N–H and O–H groups in total. The first-order valence-electron chi connectivity index (χ1n) is 7.38. The summed E-state index contributed by atoms with van der Waals surface area (Å²) in [6, 6.07) is 0.115. The highest BCUT2D eigenvalue weighted by Crippen LogP contribution is 2.31. The largest absolute Gasteiger partial charge is 0.374 e. The molecule has 1 aromatic rings. The number of aryl methyl sites for hydroxylation is 1. The van der Waals surface area contributed by atoms with Gasteiger partial charge in [0.15, 0.2) is 0 Å². The Bertz CT molecular complexity index is 366. The summed E-state index contributed by atoms with van der Waals surface area (Å²) in [6.07, 6.45) is 3.85. The molecule has 0 fully saturated rings. The maximum absolute atomic E-state index is 6.02. The predicted molar refractivity (Wildman–Crippen MR) is 77.1 cm³/mol. The fourth-order valence-electron chi connectivity index (χ4n) is 2.43. The monoisotopic (exact) mass is 268 g/mol. The highest BCUT2D eigenvalue weighted by molar-refractivity contribution is 5.09. The number of likely N-dealkylation sites (N-methyl/N-ethyl adjacent to an activating group) is 1. The molecule has 1 aromatic heterocycles. The number of rotatable bonds is 9. The van der Waals surface area contributed by atoms with E-state index in [4.69, 9.17) is 4.74 Å². The number of hydrogen-bond acceptors (Lipinski definition) is 4. The number of hydrogen-bond donors (Lipinski definition) is 1. The van der Waals surface area contributed by atoms with Gasteiger partial charge in [-0.3, -0.25) is 0 Å². The van der Waals surface area contributed by atoms with Gasteiger partial charge in [0.05, 0.1) is 23.5 Å². The standard InChI is InChI=1S/C14H28N4O/c1-6-10-18-12(11-16-17-18)13(15-8-3)14(5,7-2)19-9-4/h11,13,15H,6-10H2,1-5H3.